The Hall–Kier alpha value is -2.45. The summed E-state index contributed by atoms with van der Waals surface area (Å²) < 4.78 is 6.60. The van der Waals surface area contributed by atoms with Crippen molar-refractivity contribution in [1.29, 1.82) is 0 Å². The molecule has 0 saturated carbocycles. The second-order valence-corrected chi connectivity index (χ2v) is 9.84. The molecule has 32 heavy (non-hydrogen) atoms. The lowest BCUT2D eigenvalue weighted by atomic mass is 9.62. The zero-order valence-corrected chi connectivity index (χ0v) is 19.3. The monoisotopic (exact) mass is 443 g/mol. The maximum atomic E-state index is 14.0. The molecule has 3 saturated heterocycles. The lowest BCUT2D eigenvalue weighted by molar-refractivity contribution is -0.151. The first-order valence-electron chi connectivity index (χ1n) is 11.3. The first kappa shape index (κ1) is 22.7. The van der Waals surface area contributed by atoms with Gasteiger partial charge in [-0.1, -0.05) is 37.3 Å². The number of carbonyl (C=O) groups excluding carboxylic acids is 3. The second-order valence-electron chi connectivity index (χ2n) is 9.84. The van der Waals surface area contributed by atoms with Crippen LogP contribution in [0.15, 0.2) is 30.3 Å². The van der Waals surface area contributed by atoms with E-state index >= 15 is 0 Å². The molecule has 0 radical (unpaired) electrons. The molecule has 174 valence electrons. The number of nitrogens with one attached hydrogen (secondary N) is 2. The molecule has 3 heterocycles. The van der Waals surface area contributed by atoms with Gasteiger partial charge in [0.2, 0.25) is 17.7 Å². The molecule has 3 unspecified atom stereocenters. The van der Waals surface area contributed by atoms with E-state index in [2.05, 4.69) is 10.6 Å². The zero-order valence-electron chi connectivity index (χ0n) is 19.3. The number of aliphatic hydroxyl groups is 1. The first-order valence-corrected chi connectivity index (χ1v) is 11.3. The number of aliphatic hydroxyl groups excluding tert-OH is 1. The van der Waals surface area contributed by atoms with E-state index in [-0.39, 0.29) is 36.3 Å². The van der Waals surface area contributed by atoms with Gasteiger partial charge in [0, 0.05) is 13.1 Å². The number of carbonyl (C=O) groups is 3. The average Bonchev–Trinajstić information content (AvgIpc) is 3.26. The number of hydrogen-bond acceptors (Lipinski definition) is 5. The second kappa shape index (κ2) is 7.85. The fourth-order valence-corrected chi connectivity index (χ4v) is 6.26. The standard InChI is InChI=1S/C24H33N3O5/c1-13(2)26-21(30)19-24-11-14(3)23(4,32-24)17(20(29)25-5)18(24)22(31)27(19)16(12-28)15-9-7-6-8-10-15/h6-10,13-14,16-19,28H,11-12H2,1-5H3,(H,25,29)(H,26,30)/t14?,16-,17+,18+,19?,23-,24?/m1/s1. The van der Waals surface area contributed by atoms with Gasteiger partial charge in [0.1, 0.15) is 11.6 Å². The van der Waals surface area contributed by atoms with Gasteiger partial charge in [0.25, 0.3) is 0 Å². The summed E-state index contributed by atoms with van der Waals surface area (Å²) in [5.41, 5.74) is -1.24. The number of likely N-dealkylation sites (tertiary alicyclic amines) is 1. The molecule has 3 aliphatic heterocycles. The normalized spacial score (nSPS) is 36.3. The molecule has 1 spiro atoms. The Balaban J connectivity index is 1.87. The van der Waals surface area contributed by atoms with Crippen molar-refractivity contribution in [3.05, 3.63) is 35.9 Å². The Morgan fingerprint density at radius 1 is 1.25 bits per heavy atom. The van der Waals surface area contributed by atoms with E-state index in [9.17, 15) is 19.5 Å². The summed E-state index contributed by atoms with van der Waals surface area (Å²) in [5, 5.41) is 16.0. The highest BCUT2D eigenvalue weighted by Gasteiger charge is 2.80. The first-order chi connectivity index (χ1) is 15.1. The molecule has 3 aliphatic rings. The number of benzene rings is 1. The molecule has 7 atom stereocenters. The highest BCUT2D eigenvalue weighted by Crippen LogP contribution is 2.65. The molecule has 3 N–H and O–H groups in total. The van der Waals surface area contributed by atoms with Crippen molar-refractivity contribution in [2.75, 3.05) is 13.7 Å². The largest absolute Gasteiger partial charge is 0.394 e. The minimum atomic E-state index is -1.12. The number of rotatable bonds is 6. The van der Waals surface area contributed by atoms with Crippen molar-refractivity contribution < 1.29 is 24.2 Å². The summed E-state index contributed by atoms with van der Waals surface area (Å²) in [5.74, 6) is -2.42. The Kier molecular flexibility index (Phi) is 5.57. The molecule has 8 nitrogen and oxygen atoms in total. The van der Waals surface area contributed by atoms with Crippen molar-refractivity contribution in [3.8, 4) is 0 Å². The van der Waals surface area contributed by atoms with E-state index in [1.54, 1.807) is 7.05 Å². The molecule has 1 aromatic carbocycles. The highest BCUT2D eigenvalue weighted by molar-refractivity contribution is 5.99. The third-order valence-corrected chi connectivity index (χ3v) is 7.65. The van der Waals surface area contributed by atoms with Gasteiger partial charge in [-0.3, -0.25) is 14.4 Å². The molecule has 2 bridgehead atoms. The summed E-state index contributed by atoms with van der Waals surface area (Å²) in [6.07, 6.45) is 0.493. The van der Waals surface area contributed by atoms with Crippen LogP contribution in [0.25, 0.3) is 0 Å². The quantitative estimate of drug-likeness (QED) is 0.608. The van der Waals surface area contributed by atoms with Crippen LogP contribution in [-0.2, 0) is 19.1 Å². The minimum absolute atomic E-state index is 0.0209. The van der Waals surface area contributed by atoms with Crippen LogP contribution in [0.4, 0.5) is 0 Å². The van der Waals surface area contributed by atoms with Crippen LogP contribution in [0.2, 0.25) is 0 Å². The van der Waals surface area contributed by atoms with Gasteiger partial charge in [0.05, 0.1) is 30.1 Å². The number of fused-ring (bicyclic) bond motifs is 1. The van der Waals surface area contributed by atoms with Crippen molar-refractivity contribution in [2.24, 2.45) is 17.8 Å². The Labute approximate surface area is 188 Å². The number of ether oxygens (including phenoxy) is 1. The maximum absolute atomic E-state index is 14.0. The van der Waals surface area contributed by atoms with E-state index in [1.807, 2.05) is 58.0 Å². The number of amides is 3. The van der Waals surface area contributed by atoms with Crippen LogP contribution in [0.3, 0.4) is 0 Å². The van der Waals surface area contributed by atoms with Crippen LogP contribution in [0.5, 0.6) is 0 Å². The van der Waals surface area contributed by atoms with Crippen LogP contribution >= 0.6 is 0 Å². The van der Waals surface area contributed by atoms with E-state index in [0.717, 1.165) is 5.56 Å². The third kappa shape index (κ3) is 2.99. The van der Waals surface area contributed by atoms with E-state index < -0.39 is 35.1 Å². The van der Waals surface area contributed by atoms with Crippen molar-refractivity contribution in [2.45, 2.75) is 63.4 Å². The van der Waals surface area contributed by atoms with Crippen LogP contribution in [-0.4, -0.2) is 64.7 Å². The number of nitrogens with zero attached hydrogens (tertiary/aromatic N) is 1. The molecule has 8 heteroatoms. The van der Waals surface area contributed by atoms with Crippen molar-refractivity contribution in [1.82, 2.24) is 15.5 Å². The SMILES string of the molecule is CNC(=O)[C@@H]1[C@H]2C(=O)N([C@H](CO)c3ccccc3)C(C(=O)NC(C)C)C23CC(C)[C@@]1(C)O3. The highest BCUT2D eigenvalue weighted by atomic mass is 16.5. The zero-order chi connectivity index (χ0) is 23.4. The van der Waals surface area contributed by atoms with Gasteiger partial charge in [-0.25, -0.2) is 0 Å². The molecular weight excluding hydrogens is 410 g/mol. The Morgan fingerprint density at radius 2 is 1.91 bits per heavy atom. The molecule has 3 fully saturated rings. The summed E-state index contributed by atoms with van der Waals surface area (Å²) in [4.78, 5) is 42.1. The lowest BCUT2D eigenvalue weighted by Crippen LogP contribution is -2.57. The summed E-state index contributed by atoms with van der Waals surface area (Å²) in [6.45, 7) is 7.26. The van der Waals surface area contributed by atoms with Crippen molar-refractivity contribution in [3.63, 3.8) is 0 Å². The summed E-state index contributed by atoms with van der Waals surface area (Å²) in [7, 11) is 1.55. The smallest absolute Gasteiger partial charge is 0.246 e. The van der Waals surface area contributed by atoms with Gasteiger partial charge in [-0.15, -0.1) is 0 Å². The van der Waals surface area contributed by atoms with Crippen LogP contribution in [0.1, 0.15) is 45.7 Å². The third-order valence-electron chi connectivity index (χ3n) is 7.65. The van der Waals surface area contributed by atoms with Crippen LogP contribution in [0, 0.1) is 17.8 Å². The molecule has 0 aliphatic carbocycles. The van der Waals surface area contributed by atoms with Crippen LogP contribution < -0.4 is 10.6 Å². The van der Waals surface area contributed by atoms with Gasteiger partial charge < -0.3 is 25.4 Å². The average molecular weight is 444 g/mol. The minimum Gasteiger partial charge on any atom is -0.394 e. The van der Waals surface area contributed by atoms with Gasteiger partial charge in [-0.05, 0) is 38.7 Å². The molecular formula is C24H33N3O5. The fourth-order valence-electron chi connectivity index (χ4n) is 6.26. The molecule has 0 aromatic heterocycles. The van der Waals surface area contributed by atoms with E-state index in [4.69, 9.17) is 4.74 Å². The summed E-state index contributed by atoms with van der Waals surface area (Å²) in [6, 6.07) is 7.38. The predicted molar refractivity (Wildman–Crippen MR) is 117 cm³/mol. The van der Waals surface area contributed by atoms with Crippen molar-refractivity contribution >= 4 is 17.7 Å². The molecule has 4 rings (SSSR count). The van der Waals surface area contributed by atoms with E-state index in [1.165, 1.54) is 4.90 Å². The number of hydrogen-bond donors (Lipinski definition) is 3. The predicted octanol–water partition coefficient (Wildman–Crippen LogP) is 1.00. The Bertz CT molecular complexity index is 921. The maximum Gasteiger partial charge on any atom is 0.246 e. The lowest BCUT2D eigenvalue weighted by Gasteiger charge is -2.37. The summed E-state index contributed by atoms with van der Waals surface area (Å²) >= 11 is 0. The van der Waals surface area contributed by atoms with Gasteiger partial charge in [0.15, 0.2) is 0 Å². The molecule has 3 amide bonds. The van der Waals surface area contributed by atoms with Gasteiger partial charge in [-0.2, -0.15) is 0 Å². The van der Waals surface area contributed by atoms with Gasteiger partial charge >= 0.3 is 0 Å². The molecule has 1 aromatic rings. The fraction of sp³-hybridized carbons (Fsp3) is 0.625. The van der Waals surface area contributed by atoms with E-state index in [0.29, 0.717) is 6.42 Å². The Morgan fingerprint density at radius 3 is 2.47 bits per heavy atom. The topological polar surface area (TPSA) is 108 Å².